The van der Waals surface area contributed by atoms with Crippen LogP contribution in [0.25, 0.3) is 0 Å². The number of Topliss-reactive ketones (excluding diaryl/α,β-unsaturated/α-hetero) is 1. The summed E-state index contributed by atoms with van der Waals surface area (Å²) in [6.45, 7) is 15.3. The predicted molar refractivity (Wildman–Crippen MR) is 195 cm³/mol. The number of aliphatic hydroxyl groups is 3. The van der Waals surface area contributed by atoms with Gasteiger partial charge >= 0.3 is 5.97 Å². The number of aliphatic hydroxyl groups excluding tert-OH is 2. The molecule has 3 N–H and O–H groups in total. The zero-order chi connectivity index (χ0) is 38.8. The highest BCUT2D eigenvalue weighted by molar-refractivity contribution is 6.00. The van der Waals surface area contributed by atoms with Gasteiger partial charge in [-0.15, -0.1) is 12.3 Å². The van der Waals surface area contributed by atoms with Crippen molar-refractivity contribution in [2.24, 2.45) is 28.8 Å². The van der Waals surface area contributed by atoms with E-state index in [0.717, 1.165) is 6.54 Å². The lowest BCUT2D eigenvalue weighted by Crippen LogP contribution is -2.60. The van der Waals surface area contributed by atoms with E-state index in [4.69, 9.17) is 30.2 Å². The van der Waals surface area contributed by atoms with E-state index in [1.54, 1.807) is 20.8 Å². The zero-order valence-corrected chi connectivity index (χ0v) is 33.1. The summed E-state index contributed by atoms with van der Waals surface area (Å²) < 4.78 is 24.8. The zero-order valence-electron chi connectivity index (χ0n) is 33.1. The van der Waals surface area contributed by atoms with Gasteiger partial charge in [0.1, 0.15) is 30.3 Å². The first-order chi connectivity index (χ1) is 23.8. The van der Waals surface area contributed by atoms with Gasteiger partial charge in [0, 0.05) is 50.4 Å². The number of ketones is 1. The van der Waals surface area contributed by atoms with Gasteiger partial charge < -0.3 is 44.0 Å². The van der Waals surface area contributed by atoms with Crippen LogP contribution in [0.3, 0.4) is 0 Å². The highest BCUT2D eigenvalue weighted by atomic mass is 16.7. The van der Waals surface area contributed by atoms with Gasteiger partial charge in [-0.1, -0.05) is 32.9 Å². The lowest BCUT2D eigenvalue weighted by molar-refractivity contribution is -0.295. The molecule has 0 aromatic heterocycles. The minimum absolute atomic E-state index is 0.182. The quantitative estimate of drug-likeness (QED) is 0.0890. The van der Waals surface area contributed by atoms with Gasteiger partial charge in [0.25, 0.3) is 0 Å². The Labute approximate surface area is 306 Å². The molecule has 2 rings (SSSR count). The largest absolute Gasteiger partial charge is 0.459 e. The van der Waals surface area contributed by atoms with Gasteiger partial charge in [-0.25, -0.2) is 0 Å². The van der Waals surface area contributed by atoms with Crippen LogP contribution in [0, 0.1) is 36.0 Å². The SMILES string of the molecule is C#CCCN(C)[C@H]1C[C@@H](C)O[C@@H](O[C@@H]2[C@@H](C)C(=O)[C@@H](C)C(=O)O[C@H](CC)[C@@](C)(O)[C@H](O)[C@@H](C)/C(=N/OCCCN(C)C)[C@H](C)C[C@@]2(C)OC)[C@@H]1O. The fourth-order valence-electron chi connectivity index (χ4n) is 7.51. The van der Waals surface area contributed by atoms with E-state index < -0.39 is 77.3 Å². The molecule has 0 spiro atoms. The molecule has 2 heterocycles. The van der Waals surface area contributed by atoms with E-state index in [1.807, 2.05) is 51.7 Å². The Kier molecular flexibility index (Phi) is 17.5. The lowest BCUT2D eigenvalue weighted by atomic mass is 9.74. The smallest absolute Gasteiger partial charge is 0.316 e. The number of carbonyl (C=O) groups excluding carboxylic acids is 2. The number of hydrogen-bond acceptors (Lipinski definition) is 13. The Bertz CT molecular complexity index is 1190. The first-order valence-electron chi connectivity index (χ1n) is 18.4. The van der Waals surface area contributed by atoms with Gasteiger partial charge in [0.2, 0.25) is 0 Å². The van der Waals surface area contributed by atoms with Crippen molar-refractivity contribution in [3.05, 3.63) is 0 Å². The van der Waals surface area contributed by atoms with Crippen molar-refractivity contribution >= 4 is 17.5 Å². The number of hydrogen-bond donors (Lipinski definition) is 3. The molecule has 2 aliphatic heterocycles. The van der Waals surface area contributed by atoms with Gasteiger partial charge in [0.05, 0.1) is 29.6 Å². The van der Waals surface area contributed by atoms with Crippen LogP contribution in [0.1, 0.15) is 87.5 Å². The van der Waals surface area contributed by atoms with E-state index >= 15 is 0 Å². The molecule has 0 aliphatic carbocycles. The molecule has 2 aliphatic rings. The van der Waals surface area contributed by atoms with Crippen molar-refractivity contribution in [1.29, 1.82) is 0 Å². The molecule has 0 aromatic carbocycles. The second-order valence-corrected chi connectivity index (χ2v) is 15.4. The van der Waals surface area contributed by atoms with Crippen molar-refractivity contribution in [1.82, 2.24) is 9.80 Å². The minimum atomic E-state index is -1.89. The summed E-state index contributed by atoms with van der Waals surface area (Å²) in [6.07, 6.45) is 1.60. The Hall–Kier alpha value is -2.15. The number of ether oxygens (including phenoxy) is 4. The summed E-state index contributed by atoms with van der Waals surface area (Å²) >= 11 is 0. The van der Waals surface area contributed by atoms with Crippen molar-refractivity contribution in [2.45, 2.75) is 142 Å². The lowest BCUT2D eigenvalue weighted by Gasteiger charge is -2.47. The topological polar surface area (TPSA) is 160 Å². The van der Waals surface area contributed by atoms with Gasteiger partial charge in [-0.2, -0.15) is 0 Å². The van der Waals surface area contributed by atoms with Crippen LogP contribution < -0.4 is 0 Å². The van der Waals surface area contributed by atoms with E-state index in [-0.39, 0.29) is 25.0 Å². The van der Waals surface area contributed by atoms with Crippen molar-refractivity contribution in [3.8, 4) is 12.3 Å². The summed E-state index contributed by atoms with van der Waals surface area (Å²) in [5.74, 6) is -2.03. The number of nitrogens with zero attached hydrogens (tertiary/aromatic N) is 3. The third-order valence-corrected chi connectivity index (χ3v) is 10.9. The molecule has 0 amide bonds. The van der Waals surface area contributed by atoms with Crippen LogP contribution in [0.2, 0.25) is 0 Å². The van der Waals surface area contributed by atoms with Crippen molar-refractivity contribution in [3.63, 3.8) is 0 Å². The fourth-order valence-corrected chi connectivity index (χ4v) is 7.51. The average Bonchev–Trinajstić information content (AvgIpc) is 3.08. The number of methoxy groups -OCH3 is 1. The van der Waals surface area contributed by atoms with Crippen LogP contribution in [-0.4, -0.2) is 145 Å². The molecule has 0 radical (unpaired) electrons. The average molecular weight is 726 g/mol. The Morgan fingerprint density at radius 2 is 1.71 bits per heavy atom. The van der Waals surface area contributed by atoms with Crippen LogP contribution >= 0.6 is 0 Å². The highest BCUT2D eigenvalue weighted by Gasteiger charge is 2.51. The number of esters is 1. The Morgan fingerprint density at radius 1 is 1.06 bits per heavy atom. The molecular formula is C38H67N3O10. The molecule has 0 aromatic rings. The first-order valence-corrected chi connectivity index (χ1v) is 18.4. The predicted octanol–water partition coefficient (Wildman–Crippen LogP) is 2.87. The molecule has 13 nitrogen and oxygen atoms in total. The monoisotopic (exact) mass is 725 g/mol. The molecule has 51 heavy (non-hydrogen) atoms. The number of rotatable bonds is 12. The maximum absolute atomic E-state index is 14.2. The van der Waals surface area contributed by atoms with Gasteiger partial charge in [-0.05, 0) is 74.5 Å². The number of oxime groups is 1. The van der Waals surface area contributed by atoms with Gasteiger partial charge in [0.15, 0.2) is 12.1 Å². The van der Waals surface area contributed by atoms with Crippen molar-refractivity contribution in [2.75, 3.05) is 47.9 Å². The second kappa shape index (κ2) is 19.8. The Morgan fingerprint density at radius 3 is 2.27 bits per heavy atom. The molecule has 0 saturated carbocycles. The number of terminal acetylenes is 1. The van der Waals surface area contributed by atoms with E-state index in [2.05, 4.69) is 11.1 Å². The highest BCUT2D eigenvalue weighted by Crippen LogP contribution is 2.38. The summed E-state index contributed by atoms with van der Waals surface area (Å²) in [5, 5.41) is 39.5. The van der Waals surface area contributed by atoms with Crippen LogP contribution in [0.5, 0.6) is 0 Å². The van der Waals surface area contributed by atoms with Crippen LogP contribution in [-0.2, 0) is 33.4 Å². The Balaban J connectivity index is 2.68. The number of likely N-dealkylation sites (N-methyl/N-ethyl adjacent to an activating group) is 1. The second-order valence-electron chi connectivity index (χ2n) is 15.4. The molecular weight excluding hydrogens is 658 g/mol. The molecule has 13 heteroatoms. The normalized spacial score (nSPS) is 39.8. The summed E-state index contributed by atoms with van der Waals surface area (Å²) in [7, 11) is 7.34. The number of cyclic esters (lactones) is 1. The summed E-state index contributed by atoms with van der Waals surface area (Å²) in [6, 6.07) is -0.331. The van der Waals surface area contributed by atoms with E-state index in [9.17, 15) is 24.9 Å². The fraction of sp³-hybridized carbons (Fsp3) is 0.868. The first kappa shape index (κ1) is 45.0. The third-order valence-electron chi connectivity index (χ3n) is 10.9. The maximum Gasteiger partial charge on any atom is 0.316 e. The van der Waals surface area contributed by atoms with E-state index in [1.165, 1.54) is 21.0 Å². The molecule has 0 unspecified atom stereocenters. The third kappa shape index (κ3) is 11.4. The summed E-state index contributed by atoms with van der Waals surface area (Å²) in [5.41, 5.74) is -2.65. The van der Waals surface area contributed by atoms with Crippen LogP contribution in [0.4, 0.5) is 0 Å². The van der Waals surface area contributed by atoms with E-state index in [0.29, 0.717) is 38.1 Å². The molecule has 13 atom stereocenters. The molecule has 2 saturated heterocycles. The number of carbonyl (C=O) groups is 2. The van der Waals surface area contributed by atoms with Crippen LogP contribution in [0.15, 0.2) is 5.16 Å². The summed E-state index contributed by atoms with van der Waals surface area (Å²) in [4.78, 5) is 37.5. The molecule has 2 fully saturated rings. The standard InChI is InChI=1S/C38H67N3O10/c1-14-16-19-41(12)28-21-24(4)49-36(32(28)43)51-34-26(6)31(42)27(7)35(45)50-29(15-2)38(9,46)33(44)25(5)30(23(3)22-37(34,8)47-13)39-48-20-17-18-40(10)11/h1,23-29,32-34,36,43-44,46H,15-22H2,2-13H3/b39-30+/t23-,24-,25+,26+,27-,28+,29-,32-,33-,34-,36+,37-,38-/m1/s1. The molecule has 294 valence electrons. The molecule has 0 bridgehead atoms. The maximum atomic E-state index is 14.2. The minimum Gasteiger partial charge on any atom is -0.459 e. The van der Waals surface area contributed by atoms with Gasteiger partial charge in [-0.3, -0.25) is 14.5 Å². The van der Waals surface area contributed by atoms with Crippen molar-refractivity contribution < 1.29 is 48.7 Å².